The van der Waals surface area contributed by atoms with Gasteiger partial charge in [0.25, 0.3) is 0 Å². The minimum absolute atomic E-state index is 0.167. The molecule has 5 heteroatoms. The highest BCUT2D eigenvalue weighted by atomic mass is 19.2. The molecule has 0 saturated carbocycles. The van der Waals surface area contributed by atoms with E-state index in [-0.39, 0.29) is 12.1 Å². The van der Waals surface area contributed by atoms with Crippen LogP contribution in [0.2, 0.25) is 0 Å². The van der Waals surface area contributed by atoms with Crippen molar-refractivity contribution in [2.24, 2.45) is 5.73 Å². The first-order chi connectivity index (χ1) is 8.04. The summed E-state index contributed by atoms with van der Waals surface area (Å²) >= 11 is 0. The van der Waals surface area contributed by atoms with Crippen molar-refractivity contribution in [1.29, 1.82) is 0 Å². The van der Waals surface area contributed by atoms with Gasteiger partial charge in [0.1, 0.15) is 0 Å². The van der Waals surface area contributed by atoms with Crippen LogP contribution in [0.3, 0.4) is 0 Å². The minimum atomic E-state index is -1.43. The van der Waals surface area contributed by atoms with E-state index < -0.39 is 17.5 Å². The Hall–Kier alpha value is -1.07. The van der Waals surface area contributed by atoms with Gasteiger partial charge in [-0.15, -0.1) is 0 Å². The highest BCUT2D eigenvalue weighted by Crippen LogP contribution is 2.32. The Bertz CT molecular complexity index is 399. The normalized spacial score (nSPS) is 25.5. The molecule has 1 fully saturated rings. The third-order valence-corrected chi connectivity index (χ3v) is 3.30. The van der Waals surface area contributed by atoms with Gasteiger partial charge in [-0.2, -0.15) is 0 Å². The van der Waals surface area contributed by atoms with E-state index in [0.717, 1.165) is 31.6 Å². The van der Waals surface area contributed by atoms with Gasteiger partial charge in [-0.3, -0.25) is 4.90 Å². The van der Waals surface area contributed by atoms with Crippen molar-refractivity contribution < 1.29 is 13.2 Å². The summed E-state index contributed by atoms with van der Waals surface area (Å²) in [6, 6.07) is 1.68. The summed E-state index contributed by atoms with van der Waals surface area (Å²) in [5, 5.41) is 0. The SMILES string of the molecule is CCN1CCC(N)C1c1cc(F)c(F)c(F)c1. The average Bonchev–Trinajstić information content (AvgIpc) is 2.66. The van der Waals surface area contributed by atoms with Crippen molar-refractivity contribution >= 4 is 0 Å². The summed E-state index contributed by atoms with van der Waals surface area (Å²) in [7, 11) is 0. The third-order valence-electron chi connectivity index (χ3n) is 3.30. The topological polar surface area (TPSA) is 29.3 Å². The number of halogens is 3. The number of hydrogen-bond acceptors (Lipinski definition) is 2. The van der Waals surface area contributed by atoms with Gasteiger partial charge in [0, 0.05) is 12.6 Å². The van der Waals surface area contributed by atoms with Crippen molar-refractivity contribution in [2.75, 3.05) is 13.1 Å². The number of nitrogens with two attached hydrogens (primary N) is 1. The van der Waals surface area contributed by atoms with Gasteiger partial charge in [-0.25, -0.2) is 13.2 Å². The van der Waals surface area contributed by atoms with Crippen LogP contribution in [0.4, 0.5) is 13.2 Å². The molecule has 2 N–H and O–H groups in total. The molecule has 0 aromatic heterocycles. The molecule has 2 nitrogen and oxygen atoms in total. The van der Waals surface area contributed by atoms with E-state index in [2.05, 4.69) is 0 Å². The summed E-state index contributed by atoms with van der Waals surface area (Å²) in [6.45, 7) is 3.50. The number of nitrogens with zero attached hydrogens (tertiary/aromatic N) is 1. The van der Waals surface area contributed by atoms with Crippen LogP contribution in [-0.2, 0) is 0 Å². The number of rotatable bonds is 2. The number of likely N-dealkylation sites (N-methyl/N-ethyl adjacent to an activating group) is 1. The maximum Gasteiger partial charge on any atom is 0.194 e. The predicted octanol–water partition coefficient (Wildman–Crippen LogP) is 2.20. The van der Waals surface area contributed by atoms with Gasteiger partial charge < -0.3 is 5.73 Å². The van der Waals surface area contributed by atoms with E-state index in [1.54, 1.807) is 0 Å². The lowest BCUT2D eigenvalue weighted by Crippen LogP contribution is -2.32. The van der Waals surface area contributed by atoms with Crippen molar-refractivity contribution in [2.45, 2.75) is 25.4 Å². The fourth-order valence-corrected chi connectivity index (χ4v) is 2.44. The molecule has 1 aliphatic rings. The third kappa shape index (κ3) is 2.17. The summed E-state index contributed by atoms with van der Waals surface area (Å²) in [5.41, 5.74) is 6.35. The molecule has 2 atom stereocenters. The van der Waals surface area contributed by atoms with Crippen LogP contribution in [0, 0.1) is 17.5 Å². The molecule has 2 unspecified atom stereocenters. The predicted molar refractivity (Wildman–Crippen MR) is 58.9 cm³/mol. The first kappa shape index (κ1) is 12.4. The van der Waals surface area contributed by atoms with E-state index in [4.69, 9.17) is 5.73 Å². The zero-order valence-electron chi connectivity index (χ0n) is 9.59. The lowest BCUT2D eigenvalue weighted by Gasteiger charge is -2.26. The lowest BCUT2D eigenvalue weighted by atomic mass is 10.0. The van der Waals surface area contributed by atoms with Gasteiger partial charge in [0.15, 0.2) is 17.5 Å². The van der Waals surface area contributed by atoms with Crippen LogP contribution in [0.25, 0.3) is 0 Å². The Morgan fingerprint density at radius 2 is 1.88 bits per heavy atom. The Morgan fingerprint density at radius 3 is 2.41 bits per heavy atom. The highest BCUT2D eigenvalue weighted by molar-refractivity contribution is 5.25. The number of hydrogen-bond donors (Lipinski definition) is 1. The molecule has 1 saturated heterocycles. The molecule has 94 valence electrons. The smallest absolute Gasteiger partial charge is 0.194 e. The molecule has 2 rings (SSSR count). The largest absolute Gasteiger partial charge is 0.326 e. The molecule has 17 heavy (non-hydrogen) atoms. The second kappa shape index (κ2) is 4.66. The lowest BCUT2D eigenvalue weighted by molar-refractivity contribution is 0.259. The Balaban J connectivity index is 2.39. The number of benzene rings is 1. The standard InChI is InChI=1S/C12H15F3N2/c1-2-17-4-3-10(16)12(17)7-5-8(13)11(15)9(14)6-7/h5-6,10,12H,2-4,16H2,1H3. The monoisotopic (exact) mass is 244 g/mol. The Morgan fingerprint density at radius 1 is 1.29 bits per heavy atom. The van der Waals surface area contributed by atoms with E-state index in [0.29, 0.717) is 5.56 Å². The van der Waals surface area contributed by atoms with Crippen molar-refractivity contribution in [1.82, 2.24) is 4.90 Å². The average molecular weight is 244 g/mol. The maximum absolute atomic E-state index is 13.2. The molecule has 0 amide bonds. The van der Waals surface area contributed by atoms with E-state index in [1.165, 1.54) is 0 Å². The summed E-state index contributed by atoms with van der Waals surface area (Å²) < 4.78 is 39.2. The first-order valence-corrected chi connectivity index (χ1v) is 5.68. The fraction of sp³-hybridized carbons (Fsp3) is 0.500. The first-order valence-electron chi connectivity index (χ1n) is 5.68. The molecular weight excluding hydrogens is 229 g/mol. The van der Waals surface area contributed by atoms with Crippen LogP contribution >= 0.6 is 0 Å². The van der Waals surface area contributed by atoms with Crippen molar-refractivity contribution in [3.8, 4) is 0 Å². The van der Waals surface area contributed by atoms with Crippen LogP contribution < -0.4 is 5.73 Å². The molecule has 0 radical (unpaired) electrons. The van der Waals surface area contributed by atoms with Gasteiger partial charge in [-0.05, 0) is 30.7 Å². The highest BCUT2D eigenvalue weighted by Gasteiger charge is 2.32. The minimum Gasteiger partial charge on any atom is -0.326 e. The quantitative estimate of drug-likeness (QED) is 0.808. The molecule has 0 bridgehead atoms. The van der Waals surface area contributed by atoms with Crippen molar-refractivity contribution in [3.05, 3.63) is 35.1 Å². The van der Waals surface area contributed by atoms with Gasteiger partial charge >= 0.3 is 0 Å². The fourth-order valence-electron chi connectivity index (χ4n) is 2.44. The summed E-state index contributed by atoms with van der Waals surface area (Å²) in [6.07, 6.45) is 0.777. The molecule has 1 aromatic carbocycles. The van der Waals surface area contributed by atoms with Crippen LogP contribution in [0.15, 0.2) is 12.1 Å². The second-order valence-corrected chi connectivity index (χ2v) is 4.32. The van der Waals surface area contributed by atoms with Gasteiger partial charge in [0.2, 0.25) is 0 Å². The molecule has 0 spiro atoms. The van der Waals surface area contributed by atoms with Crippen molar-refractivity contribution in [3.63, 3.8) is 0 Å². The molecular formula is C12H15F3N2. The van der Waals surface area contributed by atoms with E-state index in [9.17, 15) is 13.2 Å². The van der Waals surface area contributed by atoms with E-state index >= 15 is 0 Å². The summed E-state index contributed by atoms with van der Waals surface area (Å²) in [4.78, 5) is 2.04. The molecule has 1 aliphatic heterocycles. The van der Waals surface area contributed by atoms with Crippen LogP contribution in [-0.4, -0.2) is 24.0 Å². The molecule has 1 heterocycles. The van der Waals surface area contributed by atoms with E-state index in [1.807, 2.05) is 11.8 Å². The summed E-state index contributed by atoms with van der Waals surface area (Å²) in [5.74, 6) is -3.74. The maximum atomic E-state index is 13.2. The van der Waals surface area contributed by atoms with Crippen LogP contribution in [0.5, 0.6) is 0 Å². The second-order valence-electron chi connectivity index (χ2n) is 4.32. The van der Waals surface area contributed by atoms with Crippen LogP contribution in [0.1, 0.15) is 24.9 Å². The Kier molecular flexibility index (Phi) is 3.40. The number of likely N-dealkylation sites (tertiary alicyclic amines) is 1. The zero-order chi connectivity index (χ0) is 12.6. The molecule has 0 aliphatic carbocycles. The zero-order valence-corrected chi connectivity index (χ0v) is 9.59. The molecule has 1 aromatic rings. The van der Waals surface area contributed by atoms with Gasteiger partial charge in [0.05, 0.1) is 6.04 Å². The Labute approximate surface area is 98.2 Å². The van der Waals surface area contributed by atoms with Gasteiger partial charge in [-0.1, -0.05) is 6.92 Å².